The number of hydrogen-bond donors (Lipinski definition) is 2. The molecule has 1 N–H and O–H groups in total. The highest BCUT2D eigenvalue weighted by molar-refractivity contribution is 7.81. The third-order valence-electron chi connectivity index (χ3n) is 3.07. The molecule has 1 amide bonds. The number of para-hydroxylation sites is 1. The van der Waals surface area contributed by atoms with Crippen LogP contribution in [0.4, 0.5) is 0 Å². The Labute approximate surface area is 118 Å². The molecular formula is C15H18N2OS. The van der Waals surface area contributed by atoms with Crippen molar-refractivity contribution in [3.8, 4) is 0 Å². The Morgan fingerprint density at radius 1 is 1.32 bits per heavy atom. The molecule has 1 aromatic carbocycles. The van der Waals surface area contributed by atoms with Crippen LogP contribution in [0.25, 0.3) is 10.9 Å². The third kappa shape index (κ3) is 3.26. The molecular weight excluding hydrogens is 256 g/mol. The monoisotopic (exact) mass is 274 g/mol. The second kappa shape index (κ2) is 6.06. The predicted molar refractivity (Wildman–Crippen MR) is 81.2 cm³/mol. The third-order valence-corrected chi connectivity index (χ3v) is 3.90. The van der Waals surface area contributed by atoms with Gasteiger partial charge in [0.1, 0.15) is 0 Å². The van der Waals surface area contributed by atoms with Crippen LogP contribution < -0.4 is 5.32 Å². The van der Waals surface area contributed by atoms with E-state index in [0.29, 0.717) is 6.54 Å². The number of rotatable bonds is 4. The minimum atomic E-state index is -0.275. The number of aromatic nitrogens is 1. The van der Waals surface area contributed by atoms with E-state index >= 15 is 0 Å². The summed E-state index contributed by atoms with van der Waals surface area (Å²) in [6.45, 7) is 4.45. The lowest BCUT2D eigenvalue weighted by molar-refractivity contribution is -0.121. The molecule has 4 heteroatoms. The van der Waals surface area contributed by atoms with E-state index in [1.165, 1.54) is 0 Å². The molecule has 2 aromatic rings. The predicted octanol–water partition coefficient (Wildman–Crippen LogP) is 2.81. The molecule has 0 saturated carbocycles. The van der Waals surface area contributed by atoms with Gasteiger partial charge in [0.2, 0.25) is 5.91 Å². The first kappa shape index (κ1) is 13.9. The van der Waals surface area contributed by atoms with Crippen LogP contribution in [0.5, 0.6) is 0 Å². The summed E-state index contributed by atoms with van der Waals surface area (Å²) in [5.74, 6) is 0.181. The average Bonchev–Trinajstić information content (AvgIpc) is 2.43. The first-order valence-electron chi connectivity index (χ1n) is 6.38. The smallest absolute Gasteiger partial charge is 0.233 e. The van der Waals surface area contributed by atoms with Gasteiger partial charge in [-0.2, -0.15) is 12.6 Å². The first-order valence-corrected chi connectivity index (χ1v) is 6.89. The molecule has 0 aliphatic rings. The number of pyridine rings is 1. The lowest BCUT2D eigenvalue weighted by atomic mass is 10.1. The highest BCUT2D eigenvalue weighted by atomic mass is 32.1. The summed E-state index contributed by atoms with van der Waals surface area (Å²) in [5.41, 5.74) is 1.96. The van der Waals surface area contributed by atoms with Crippen molar-refractivity contribution in [3.05, 3.63) is 42.1 Å². The van der Waals surface area contributed by atoms with Gasteiger partial charge in [0.05, 0.1) is 10.8 Å². The molecule has 0 saturated heterocycles. The van der Waals surface area contributed by atoms with Gasteiger partial charge in [0.15, 0.2) is 0 Å². The van der Waals surface area contributed by atoms with Crippen LogP contribution in [-0.4, -0.2) is 16.1 Å². The minimum Gasteiger partial charge on any atom is -0.351 e. The molecule has 1 atom stereocenters. The maximum Gasteiger partial charge on any atom is 0.233 e. The van der Waals surface area contributed by atoms with E-state index < -0.39 is 0 Å². The van der Waals surface area contributed by atoms with Gasteiger partial charge in [-0.1, -0.05) is 38.1 Å². The molecule has 0 aliphatic heterocycles. The van der Waals surface area contributed by atoms with Gasteiger partial charge in [-0.05, 0) is 17.5 Å². The molecule has 1 aromatic heterocycles. The number of fused-ring (bicyclic) bond motifs is 1. The SMILES string of the molecule is CC(C)C(S)C(=O)NCc1cccc2cccnc12. The summed E-state index contributed by atoms with van der Waals surface area (Å²) in [7, 11) is 0. The zero-order chi connectivity index (χ0) is 13.8. The largest absolute Gasteiger partial charge is 0.351 e. The fraction of sp³-hybridized carbons (Fsp3) is 0.333. The van der Waals surface area contributed by atoms with Gasteiger partial charge in [-0.3, -0.25) is 9.78 Å². The Kier molecular flexibility index (Phi) is 4.43. The van der Waals surface area contributed by atoms with Crippen molar-refractivity contribution in [2.75, 3.05) is 0 Å². The molecule has 0 spiro atoms. The molecule has 1 unspecified atom stereocenters. The molecule has 2 rings (SSSR count). The van der Waals surface area contributed by atoms with Crippen molar-refractivity contribution in [2.45, 2.75) is 25.6 Å². The van der Waals surface area contributed by atoms with Gasteiger partial charge in [0, 0.05) is 18.1 Å². The van der Waals surface area contributed by atoms with Crippen LogP contribution >= 0.6 is 12.6 Å². The number of amides is 1. The van der Waals surface area contributed by atoms with Crippen LogP contribution in [0.2, 0.25) is 0 Å². The van der Waals surface area contributed by atoms with Crippen LogP contribution in [0.3, 0.4) is 0 Å². The molecule has 0 aliphatic carbocycles. The summed E-state index contributed by atoms with van der Waals surface area (Å²) in [4.78, 5) is 16.3. The number of nitrogens with zero attached hydrogens (tertiary/aromatic N) is 1. The highest BCUT2D eigenvalue weighted by Crippen LogP contribution is 2.16. The quantitative estimate of drug-likeness (QED) is 0.842. The normalized spacial score (nSPS) is 12.6. The second-order valence-electron chi connectivity index (χ2n) is 4.90. The maximum atomic E-state index is 11.9. The highest BCUT2D eigenvalue weighted by Gasteiger charge is 2.17. The number of nitrogens with one attached hydrogen (secondary N) is 1. The number of thiol groups is 1. The van der Waals surface area contributed by atoms with Crippen LogP contribution in [0, 0.1) is 5.92 Å². The Hall–Kier alpha value is -1.55. The Bertz CT molecular complexity index is 578. The number of carbonyl (C=O) groups is 1. The van der Waals surface area contributed by atoms with Crippen molar-refractivity contribution < 1.29 is 4.79 Å². The molecule has 1 heterocycles. The van der Waals surface area contributed by atoms with Crippen molar-refractivity contribution in [2.24, 2.45) is 5.92 Å². The first-order chi connectivity index (χ1) is 9.09. The van der Waals surface area contributed by atoms with E-state index in [1.54, 1.807) is 6.20 Å². The fourth-order valence-electron chi connectivity index (χ4n) is 1.90. The summed E-state index contributed by atoms with van der Waals surface area (Å²) >= 11 is 4.31. The lowest BCUT2D eigenvalue weighted by Crippen LogP contribution is -2.34. The summed E-state index contributed by atoms with van der Waals surface area (Å²) in [6, 6.07) is 9.91. The zero-order valence-corrected chi connectivity index (χ0v) is 12.0. The molecule has 19 heavy (non-hydrogen) atoms. The van der Waals surface area contributed by atoms with Crippen LogP contribution in [0.1, 0.15) is 19.4 Å². The summed E-state index contributed by atoms with van der Waals surface area (Å²) in [6.07, 6.45) is 1.77. The standard InChI is InChI=1S/C15H18N2OS/c1-10(2)14(19)15(18)17-9-12-6-3-5-11-7-4-8-16-13(11)12/h3-8,10,14,19H,9H2,1-2H3,(H,17,18). The van der Waals surface area contributed by atoms with E-state index in [-0.39, 0.29) is 17.1 Å². The maximum absolute atomic E-state index is 11.9. The van der Waals surface area contributed by atoms with Crippen molar-refractivity contribution >= 4 is 29.4 Å². The van der Waals surface area contributed by atoms with Gasteiger partial charge in [0.25, 0.3) is 0 Å². The fourth-order valence-corrected chi connectivity index (χ4v) is 1.99. The molecule has 0 bridgehead atoms. The van der Waals surface area contributed by atoms with E-state index in [9.17, 15) is 4.79 Å². The Morgan fingerprint density at radius 3 is 2.79 bits per heavy atom. The lowest BCUT2D eigenvalue weighted by Gasteiger charge is -2.15. The average molecular weight is 274 g/mol. The zero-order valence-electron chi connectivity index (χ0n) is 11.1. The summed E-state index contributed by atoms with van der Waals surface area (Å²) < 4.78 is 0. The van der Waals surface area contributed by atoms with E-state index in [4.69, 9.17) is 0 Å². The van der Waals surface area contributed by atoms with E-state index in [1.807, 2.05) is 44.2 Å². The molecule has 100 valence electrons. The van der Waals surface area contributed by atoms with Crippen molar-refractivity contribution in [1.29, 1.82) is 0 Å². The van der Waals surface area contributed by atoms with Gasteiger partial charge < -0.3 is 5.32 Å². The van der Waals surface area contributed by atoms with Crippen LogP contribution in [0.15, 0.2) is 36.5 Å². The topological polar surface area (TPSA) is 42.0 Å². The Morgan fingerprint density at radius 2 is 2.05 bits per heavy atom. The minimum absolute atomic E-state index is 0.0359. The van der Waals surface area contributed by atoms with E-state index in [0.717, 1.165) is 16.5 Å². The van der Waals surface area contributed by atoms with Gasteiger partial charge in [-0.15, -0.1) is 0 Å². The van der Waals surface area contributed by atoms with Crippen molar-refractivity contribution in [1.82, 2.24) is 10.3 Å². The molecule has 3 nitrogen and oxygen atoms in total. The van der Waals surface area contributed by atoms with Crippen LogP contribution in [-0.2, 0) is 11.3 Å². The molecule has 0 radical (unpaired) electrons. The van der Waals surface area contributed by atoms with E-state index in [2.05, 4.69) is 22.9 Å². The number of carbonyl (C=O) groups excluding carboxylic acids is 1. The number of hydrogen-bond acceptors (Lipinski definition) is 3. The van der Waals surface area contributed by atoms with Gasteiger partial charge >= 0.3 is 0 Å². The Balaban J connectivity index is 2.12. The van der Waals surface area contributed by atoms with Gasteiger partial charge in [-0.25, -0.2) is 0 Å². The van der Waals surface area contributed by atoms with Crippen molar-refractivity contribution in [3.63, 3.8) is 0 Å². The molecule has 0 fully saturated rings. The number of benzene rings is 1. The summed E-state index contributed by atoms with van der Waals surface area (Å²) in [5, 5.41) is 3.73. The second-order valence-corrected chi connectivity index (χ2v) is 5.46.